The van der Waals surface area contributed by atoms with Gasteiger partial charge in [0.05, 0.1) is 30.2 Å². The van der Waals surface area contributed by atoms with Crippen molar-refractivity contribution in [3.8, 4) is 22.4 Å². The number of aromatic amines is 1. The Morgan fingerprint density at radius 3 is 2.56 bits per heavy atom. The lowest BCUT2D eigenvalue weighted by Gasteiger charge is -2.56. The van der Waals surface area contributed by atoms with E-state index in [2.05, 4.69) is 25.3 Å². The summed E-state index contributed by atoms with van der Waals surface area (Å²) in [6.45, 7) is -0.198. The van der Waals surface area contributed by atoms with E-state index < -0.39 is 15.9 Å². The lowest BCUT2D eigenvalue weighted by Crippen LogP contribution is -2.66. The first-order valence-electron chi connectivity index (χ1n) is 13.9. The normalized spacial score (nSPS) is 22.3. The van der Waals surface area contributed by atoms with Crippen molar-refractivity contribution in [1.82, 2.24) is 39.7 Å². The number of nitrogens with two attached hydrogens (primary N) is 1. The van der Waals surface area contributed by atoms with Gasteiger partial charge in [0.1, 0.15) is 17.0 Å². The van der Waals surface area contributed by atoms with Crippen molar-refractivity contribution in [2.24, 2.45) is 0 Å². The number of Topliss-reactive ketones (excluding diaryl/α,β-unsaturated/α-hetero) is 1. The van der Waals surface area contributed by atoms with Crippen molar-refractivity contribution in [3.63, 3.8) is 0 Å². The van der Waals surface area contributed by atoms with E-state index in [1.807, 2.05) is 47.4 Å². The second-order valence-corrected chi connectivity index (χ2v) is 13.1. The van der Waals surface area contributed by atoms with Crippen LogP contribution in [-0.2, 0) is 9.84 Å². The molecular formula is C29H29N9O4S. The highest BCUT2D eigenvalue weighted by molar-refractivity contribution is 7.91. The molecule has 0 saturated carbocycles. The summed E-state index contributed by atoms with van der Waals surface area (Å²) in [7, 11) is -3.80. The minimum absolute atomic E-state index is 0.0161. The van der Waals surface area contributed by atoms with Gasteiger partial charge in [0.2, 0.25) is 5.78 Å². The van der Waals surface area contributed by atoms with Gasteiger partial charge in [-0.2, -0.15) is 14.7 Å². The second-order valence-electron chi connectivity index (χ2n) is 11.1. The number of aliphatic hydroxyl groups excluding tert-OH is 1. The van der Waals surface area contributed by atoms with Gasteiger partial charge in [-0.25, -0.2) is 18.4 Å². The third kappa shape index (κ3) is 4.58. The Kier molecular flexibility index (Phi) is 6.56. The first kappa shape index (κ1) is 27.3. The van der Waals surface area contributed by atoms with Crippen LogP contribution in [0, 0.1) is 0 Å². The van der Waals surface area contributed by atoms with Gasteiger partial charge in [-0.1, -0.05) is 36.4 Å². The van der Waals surface area contributed by atoms with Gasteiger partial charge in [-0.3, -0.25) is 19.8 Å². The summed E-state index contributed by atoms with van der Waals surface area (Å²) in [5.74, 6) is -0.334. The molecule has 0 amide bonds. The molecule has 4 N–H and O–H groups in total. The summed E-state index contributed by atoms with van der Waals surface area (Å²) < 4.78 is 27.6. The summed E-state index contributed by atoms with van der Waals surface area (Å²) in [5.41, 5.74) is 10.5. The number of H-pyrrole nitrogens is 1. The molecule has 13 nitrogen and oxygen atoms in total. The van der Waals surface area contributed by atoms with E-state index in [-0.39, 0.29) is 46.9 Å². The van der Waals surface area contributed by atoms with Crippen LogP contribution in [0.4, 0.5) is 5.82 Å². The summed E-state index contributed by atoms with van der Waals surface area (Å²) in [5, 5.41) is 21.1. The molecule has 2 saturated heterocycles. The maximum atomic E-state index is 13.1. The van der Waals surface area contributed by atoms with Crippen LogP contribution in [0.5, 0.6) is 0 Å². The van der Waals surface area contributed by atoms with Crippen LogP contribution >= 0.6 is 0 Å². The smallest absolute Gasteiger partial charge is 0.216 e. The van der Waals surface area contributed by atoms with Crippen molar-refractivity contribution in [3.05, 3.63) is 72.7 Å². The number of carbonyl (C=O) groups is 1. The molecule has 5 aromatic rings. The lowest BCUT2D eigenvalue weighted by molar-refractivity contribution is -0.0651. The summed E-state index contributed by atoms with van der Waals surface area (Å²) in [6.07, 6.45) is 7.25. The quantitative estimate of drug-likeness (QED) is 0.233. The van der Waals surface area contributed by atoms with Crippen LogP contribution in [0.25, 0.3) is 28.0 Å². The molecule has 43 heavy (non-hydrogen) atoms. The molecule has 2 aliphatic heterocycles. The largest absolute Gasteiger partial charge is 0.395 e. The number of rotatable bonds is 7. The van der Waals surface area contributed by atoms with E-state index in [0.29, 0.717) is 36.2 Å². The molecule has 2 fully saturated rings. The molecular weight excluding hydrogens is 570 g/mol. The number of aliphatic hydroxyl groups is 1. The molecule has 0 aliphatic carbocycles. The Morgan fingerprint density at radius 1 is 1.07 bits per heavy atom. The van der Waals surface area contributed by atoms with E-state index >= 15 is 0 Å². The number of sulfone groups is 1. The standard InChI is InChI=1S/C29H29N9O4S/c1-43(41,42)26-24(18-9-19-11-23(37(19)20(10-18)14-39)25(40)28-32-15-33-36-28)35-29-21(13-34-38(29)27(26)30)17-7-8-22(31-12-17)16-5-3-2-4-6-16/h2-8,12-13,15,18-20,23,39H,9-11,14,30H2,1H3,(H,32,33,36). The Hall–Kier alpha value is -4.53. The van der Waals surface area contributed by atoms with Gasteiger partial charge in [-0.05, 0) is 25.3 Å². The molecule has 1 aromatic carbocycles. The van der Waals surface area contributed by atoms with Crippen LogP contribution in [0.3, 0.4) is 0 Å². The number of fused-ring (bicyclic) bond motifs is 2. The highest BCUT2D eigenvalue weighted by Crippen LogP contribution is 2.46. The molecule has 14 heteroatoms. The third-order valence-corrected chi connectivity index (χ3v) is 9.70. The van der Waals surface area contributed by atoms with E-state index in [4.69, 9.17) is 10.7 Å². The lowest BCUT2D eigenvalue weighted by atomic mass is 9.74. The van der Waals surface area contributed by atoms with E-state index in [1.165, 1.54) is 10.8 Å². The summed E-state index contributed by atoms with van der Waals surface area (Å²) >= 11 is 0. The van der Waals surface area contributed by atoms with Gasteiger partial charge >= 0.3 is 0 Å². The molecule has 6 heterocycles. The maximum absolute atomic E-state index is 13.1. The molecule has 4 unspecified atom stereocenters. The number of benzene rings is 1. The fourth-order valence-corrected chi connectivity index (χ4v) is 7.65. The van der Waals surface area contributed by atoms with Crippen molar-refractivity contribution >= 4 is 27.1 Å². The number of aromatic nitrogens is 7. The van der Waals surface area contributed by atoms with Gasteiger partial charge < -0.3 is 10.8 Å². The zero-order valence-corrected chi connectivity index (χ0v) is 24.0. The highest BCUT2D eigenvalue weighted by Gasteiger charge is 2.51. The molecule has 0 spiro atoms. The number of piperidine rings is 1. The average Bonchev–Trinajstić information content (AvgIpc) is 3.68. The van der Waals surface area contributed by atoms with Crippen molar-refractivity contribution in [2.45, 2.75) is 48.2 Å². The fourth-order valence-electron chi connectivity index (χ4n) is 6.59. The Morgan fingerprint density at radius 2 is 1.88 bits per heavy atom. The molecule has 0 radical (unpaired) electrons. The second kappa shape index (κ2) is 10.3. The van der Waals surface area contributed by atoms with E-state index in [0.717, 1.165) is 23.1 Å². The number of pyridine rings is 1. The van der Waals surface area contributed by atoms with Crippen molar-refractivity contribution in [1.29, 1.82) is 0 Å². The molecule has 4 aromatic heterocycles. The SMILES string of the molecule is CS(=O)(=O)c1c(C2CC(CO)N3C(C2)CC3C(=O)c2ncn[nH]2)nc2c(-c3ccc(-c4ccccc4)nc3)cnn2c1N. The van der Waals surface area contributed by atoms with Crippen LogP contribution in [-0.4, -0.2) is 90.0 Å². The minimum atomic E-state index is -3.80. The Labute approximate surface area is 246 Å². The molecule has 220 valence electrons. The number of ketones is 1. The number of hydrogen-bond acceptors (Lipinski definition) is 11. The molecule has 7 rings (SSSR count). The van der Waals surface area contributed by atoms with Crippen molar-refractivity contribution < 1.29 is 18.3 Å². The fraction of sp³-hybridized carbons (Fsp3) is 0.310. The number of nitrogens with zero attached hydrogens (tertiary/aromatic N) is 7. The number of nitrogens with one attached hydrogen (secondary N) is 1. The maximum Gasteiger partial charge on any atom is 0.216 e. The number of nitrogen functional groups attached to an aromatic ring is 1. The number of hydrogen-bond donors (Lipinski definition) is 3. The molecule has 0 bridgehead atoms. The minimum Gasteiger partial charge on any atom is -0.395 e. The molecule has 2 aliphatic rings. The van der Waals surface area contributed by atoms with E-state index in [1.54, 1.807) is 12.4 Å². The summed E-state index contributed by atoms with van der Waals surface area (Å²) in [6, 6.07) is 12.8. The van der Waals surface area contributed by atoms with Gasteiger partial charge in [0, 0.05) is 47.1 Å². The van der Waals surface area contributed by atoms with Crippen LogP contribution in [0.2, 0.25) is 0 Å². The van der Waals surface area contributed by atoms with Crippen LogP contribution in [0.1, 0.15) is 41.5 Å². The third-order valence-electron chi connectivity index (χ3n) is 8.54. The average molecular weight is 600 g/mol. The van der Waals surface area contributed by atoms with Gasteiger partial charge in [0.25, 0.3) is 0 Å². The van der Waals surface area contributed by atoms with Crippen LogP contribution in [0.15, 0.2) is 66.1 Å². The summed E-state index contributed by atoms with van der Waals surface area (Å²) in [4.78, 5) is 28.5. The highest BCUT2D eigenvalue weighted by atomic mass is 32.2. The zero-order valence-electron chi connectivity index (χ0n) is 23.2. The van der Waals surface area contributed by atoms with Gasteiger partial charge in [-0.15, -0.1) is 0 Å². The monoisotopic (exact) mass is 599 g/mol. The van der Waals surface area contributed by atoms with E-state index in [9.17, 15) is 18.3 Å². The predicted molar refractivity (Wildman–Crippen MR) is 157 cm³/mol. The first-order valence-corrected chi connectivity index (χ1v) is 15.8. The number of anilines is 1. The topological polar surface area (TPSA) is 185 Å². The molecule has 4 atom stereocenters. The predicted octanol–water partition coefficient (Wildman–Crippen LogP) is 2.13. The zero-order chi connectivity index (χ0) is 29.9. The Bertz CT molecular complexity index is 1930. The van der Waals surface area contributed by atoms with Gasteiger partial charge in [0.15, 0.2) is 21.3 Å². The Balaban J connectivity index is 1.26. The number of carbonyl (C=O) groups excluding carboxylic acids is 1. The first-order chi connectivity index (χ1) is 20.7. The van der Waals surface area contributed by atoms with Crippen LogP contribution < -0.4 is 5.73 Å². The van der Waals surface area contributed by atoms with Crippen molar-refractivity contribution in [2.75, 3.05) is 18.6 Å².